The van der Waals surface area contributed by atoms with Crippen LogP contribution in [0.25, 0.3) is 0 Å². The van der Waals surface area contributed by atoms with E-state index in [2.05, 4.69) is 10.2 Å². The van der Waals surface area contributed by atoms with E-state index in [1.54, 1.807) is 36.4 Å². The summed E-state index contributed by atoms with van der Waals surface area (Å²) < 4.78 is 0. The first-order valence-corrected chi connectivity index (χ1v) is 5.81. The first-order valence-electron chi connectivity index (χ1n) is 5.43. The summed E-state index contributed by atoms with van der Waals surface area (Å²) in [4.78, 5) is 11.1. The molecule has 0 aliphatic rings. The van der Waals surface area contributed by atoms with Gasteiger partial charge >= 0.3 is 0 Å². The second kappa shape index (κ2) is 5.49. The summed E-state index contributed by atoms with van der Waals surface area (Å²) >= 11 is 5.83. The van der Waals surface area contributed by atoms with Crippen molar-refractivity contribution in [3.05, 3.63) is 53.1 Å². The van der Waals surface area contributed by atoms with Crippen LogP contribution in [0, 0.1) is 0 Å². The highest BCUT2D eigenvalue weighted by Crippen LogP contribution is 2.23. The number of carbonyl (C=O) groups is 1. The molecule has 19 heavy (non-hydrogen) atoms. The number of anilines is 1. The Morgan fingerprint density at radius 2 is 1.74 bits per heavy atom. The van der Waals surface area contributed by atoms with Gasteiger partial charge < -0.3 is 11.5 Å². The van der Waals surface area contributed by atoms with E-state index in [-0.39, 0.29) is 5.56 Å². The molecule has 0 heterocycles. The van der Waals surface area contributed by atoms with Crippen molar-refractivity contribution in [3.8, 4) is 0 Å². The lowest BCUT2D eigenvalue weighted by Crippen LogP contribution is -2.13. The lowest BCUT2D eigenvalue weighted by Gasteiger charge is -2.01. The highest BCUT2D eigenvalue weighted by atomic mass is 35.5. The first kappa shape index (κ1) is 13.0. The van der Waals surface area contributed by atoms with E-state index in [1.807, 2.05) is 0 Å². The van der Waals surface area contributed by atoms with Gasteiger partial charge in [0, 0.05) is 10.7 Å². The van der Waals surface area contributed by atoms with E-state index < -0.39 is 5.91 Å². The molecule has 0 bridgehead atoms. The number of carbonyl (C=O) groups excluding carboxylic acids is 1. The number of hydrogen-bond acceptors (Lipinski definition) is 4. The molecule has 4 N–H and O–H groups in total. The van der Waals surface area contributed by atoms with Crippen LogP contribution in [0.2, 0.25) is 5.02 Å². The van der Waals surface area contributed by atoms with E-state index >= 15 is 0 Å². The Bertz CT molecular complexity index is 655. The number of hydrogen-bond donors (Lipinski definition) is 2. The topological polar surface area (TPSA) is 93.8 Å². The Balaban J connectivity index is 2.29. The molecule has 6 heteroatoms. The van der Waals surface area contributed by atoms with Gasteiger partial charge in [0.2, 0.25) is 0 Å². The maximum absolute atomic E-state index is 11.1. The van der Waals surface area contributed by atoms with Crippen LogP contribution < -0.4 is 11.5 Å². The highest BCUT2D eigenvalue weighted by molar-refractivity contribution is 6.30. The third-order valence-electron chi connectivity index (χ3n) is 2.39. The molecule has 0 fully saturated rings. The average Bonchev–Trinajstić information content (AvgIpc) is 2.37. The maximum atomic E-state index is 11.1. The molecule has 0 spiro atoms. The fourth-order valence-electron chi connectivity index (χ4n) is 1.47. The molecule has 0 unspecified atom stereocenters. The van der Waals surface area contributed by atoms with Crippen molar-refractivity contribution in [1.82, 2.24) is 0 Å². The number of azo groups is 1. The molecule has 1 amide bonds. The second-order valence-corrected chi connectivity index (χ2v) is 4.25. The number of rotatable bonds is 3. The Labute approximate surface area is 114 Å². The van der Waals surface area contributed by atoms with Gasteiger partial charge in [0.15, 0.2) is 0 Å². The molecule has 2 aromatic rings. The minimum absolute atomic E-state index is 0.225. The highest BCUT2D eigenvalue weighted by Gasteiger charge is 2.06. The molecule has 0 aliphatic heterocycles. The predicted molar refractivity (Wildman–Crippen MR) is 75.0 cm³/mol. The molecule has 96 valence electrons. The number of primary amides is 1. The van der Waals surface area contributed by atoms with E-state index in [9.17, 15) is 4.79 Å². The van der Waals surface area contributed by atoms with Crippen LogP contribution in [0.1, 0.15) is 10.4 Å². The fraction of sp³-hybridized carbons (Fsp3) is 0. The smallest absolute Gasteiger partial charge is 0.250 e. The van der Waals surface area contributed by atoms with Crippen molar-refractivity contribution in [2.45, 2.75) is 0 Å². The van der Waals surface area contributed by atoms with Gasteiger partial charge in [-0.05, 0) is 36.4 Å². The van der Waals surface area contributed by atoms with Crippen molar-refractivity contribution in [3.63, 3.8) is 0 Å². The normalized spacial score (nSPS) is 10.8. The summed E-state index contributed by atoms with van der Waals surface area (Å²) in [6.45, 7) is 0. The van der Waals surface area contributed by atoms with Crippen molar-refractivity contribution in [2.75, 3.05) is 5.73 Å². The minimum atomic E-state index is -0.600. The second-order valence-electron chi connectivity index (χ2n) is 3.82. The Kier molecular flexibility index (Phi) is 3.77. The average molecular weight is 275 g/mol. The molecular weight excluding hydrogens is 264 g/mol. The van der Waals surface area contributed by atoms with Crippen LogP contribution in [0.5, 0.6) is 0 Å². The van der Waals surface area contributed by atoms with Crippen molar-refractivity contribution in [1.29, 1.82) is 0 Å². The van der Waals surface area contributed by atoms with E-state index in [0.717, 1.165) is 0 Å². The SMILES string of the molecule is NC(=O)c1cc(N=Nc2cccc(Cl)c2)ccc1N. The monoisotopic (exact) mass is 274 g/mol. The van der Waals surface area contributed by atoms with Crippen LogP contribution in [0.15, 0.2) is 52.7 Å². The summed E-state index contributed by atoms with van der Waals surface area (Å²) in [6, 6.07) is 11.7. The Morgan fingerprint density at radius 3 is 2.37 bits per heavy atom. The van der Waals surface area contributed by atoms with Crippen LogP contribution in [-0.2, 0) is 0 Å². The third kappa shape index (κ3) is 3.29. The number of amides is 1. The van der Waals surface area contributed by atoms with Crippen molar-refractivity contribution >= 4 is 34.6 Å². The molecule has 0 radical (unpaired) electrons. The van der Waals surface area contributed by atoms with Gasteiger partial charge in [0.25, 0.3) is 5.91 Å². The van der Waals surface area contributed by atoms with Gasteiger partial charge in [-0.15, -0.1) is 0 Å². The van der Waals surface area contributed by atoms with Crippen LogP contribution in [0.4, 0.5) is 17.1 Å². The van der Waals surface area contributed by atoms with Crippen molar-refractivity contribution in [2.24, 2.45) is 16.0 Å². The van der Waals surface area contributed by atoms with Gasteiger partial charge in [-0.1, -0.05) is 17.7 Å². The lowest BCUT2D eigenvalue weighted by molar-refractivity contribution is 0.100. The molecule has 0 saturated heterocycles. The van der Waals surface area contributed by atoms with Crippen molar-refractivity contribution < 1.29 is 4.79 Å². The molecule has 2 aromatic carbocycles. The Hall–Kier alpha value is -2.40. The molecule has 0 saturated carbocycles. The van der Waals surface area contributed by atoms with Crippen LogP contribution in [0.3, 0.4) is 0 Å². The van der Waals surface area contributed by atoms with E-state index in [4.69, 9.17) is 23.1 Å². The number of nitrogens with zero attached hydrogens (tertiary/aromatic N) is 2. The molecule has 0 atom stereocenters. The summed E-state index contributed by atoms with van der Waals surface area (Å²) in [5.74, 6) is -0.600. The summed E-state index contributed by atoms with van der Waals surface area (Å²) in [6.07, 6.45) is 0. The zero-order valence-corrected chi connectivity index (χ0v) is 10.6. The molecular formula is C13H11ClN4O. The van der Waals surface area contributed by atoms with Gasteiger partial charge in [0.1, 0.15) is 0 Å². The molecule has 0 aromatic heterocycles. The standard InChI is InChI=1S/C13H11ClN4O/c14-8-2-1-3-9(6-8)17-18-10-4-5-12(15)11(7-10)13(16)19/h1-7H,15H2,(H2,16,19). The molecule has 0 aliphatic carbocycles. The minimum Gasteiger partial charge on any atom is -0.398 e. The van der Waals surface area contributed by atoms with E-state index in [1.165, 1.54) is 6.07 Å². The number of halogens is 1. The maximum Gasteiger partial charge on any atom is 0.250 e. The first-order chi connectivity index (χ1) is 9.06. The quantitative estimate of drug-likeness (QED) is 0.662. The zero-order chi connectivity index (χ0) is 13.8. The Morgan fingerprint density at radius 1 is 1.05 bits per heavy atom. The predicted octanol–water partition coefficient (Wildman–Crippen LogP) is 3.44. The summed E-state index contributed by atoms with van der Waals surface area (Å²) in [7, 11) is 0. The lowest BCUT2D eigenvalue weighted by atomic mass is 10.1. The zero-order valence-electron chi connectivity index (χ0n) is 9.88. The van der Waals surface area contributed by atoms with Gasteiger partial charge in [-0.25, -0.2) is 0 Å². The van der Waals surface area contributed by atoms with Crippen LogP contribution in [-0.4, -0.2) is 5.91 Å². The van der Waals surface area contributed by atoms with Crippen LogP contribution >= 0.6 is 11.6 Å². The molecule has 5 nitrogen and oxygen atoms in total. The van der Waals surface area contributed by atoms with Gasteiger partial charge in [-0.3, -0.25) is 4.79 Å². The fourth-order valence-corrected chi connectivity index (χ4v) is 1.66. The van der Waals surface area contributed by atoms with Gasteiger partial charge in [0.05, 0.1) is 16.9 Å². The number of nitrogen functional groups attached to an aromatic ring is 1. The number of benzene rings is 2. The third-order valence-corrected chi connectivity index (χ3v) is 2.63. The molecule has 2 rings (SSSR count). The number of nitrogens with two attached hydrogens (primary N) is 2. The van der Waals surface area contributed by atoms with E-state index in [0.29, 0.717) is 22.1 Å². The summed E-state index contributed by atoms with van der Waals surface area (Å²) in [5, 5.41) is 8.60. The largest absolute Gasteiger partial charge is 0.398 e. The van der Waals surface area contributed by atoms with Gasteiger partial charge in [-0.2, -0.15) is 10.2 Å². The summed E-state index contributed by atoms with van der Waals surface area (Å²) in [5.41, 5.74) is 12.5.